The Balaban J connectivity index is 1.81. The van der Waals surface area contributed by atoms with Crippen LogP contribution in [0.4, 0.5) is 22.5 Å². The zero-order valence-electron chi connectivity index (χ0n) is 14.2. The largest absolute Gasteiger partial charge is 0.395 e. The lowest BCUT2D eigenvalue weighted by molar-refractivity contribution is 0.305. The average Bonchev–Trinajstić information content (AvgIpc) is 3.29. The van der Waals surface area contributed by atoms with Crippen LogP contribution in [0.3, 0.4) is 0 Å². The van der Waals surface area contributed by atoms with Crippen molar-refractivity contribution in [1.82, 2.24) is 19.9 Å². The summed E-state index contributed by atoms with van der Waals surface area (Å²) in [6, 6.07) is 11.7. The molecule has 0 unspecified atom stereocenters. The molecule has 3 aromatic heterocycles. The van der Waals surface area contributed by atoms with Crippen LogP contribution >= 0.6 is 11.3 Å². The van der Waals surface area contributed by atoms with Gasteiger partial charge in [0.1, 0.15) is 10.5 Å². The van der Waals surface area contributed by atoms with Gasteiger partial charge in [-0.3, -0.25) is 0 Å². The third-order valence-corrected chi connectivity index (χ3v) is 4.85. The Bertz CT molecular complexity index is 1010. The van der Waals surface area contributed by atoms with E-state index >= 15 is 0 Å². The lowest BCUT2D eigenvalue weighted by Gasteiger charge is -2.22. The molecule has 4 aromatic rings. The van der Waals surface area contributed by atoms with Gasteiger partial charge in [0.2, 0.25) is 5.95 Å². The second-order valence-corrected chi connectivity index (χ2v) is 6.57. The fourth-order valence-corrected chi connectivity index (χ4v) is 3.42. The molecule has 4 rings (SSSR count). The van der Waals surface area contributed by atoms with E-state index in [0.717, 1.165) is 27.4 Å². The minimum absolute atomic E-state index is 0.000142. The van der Waals surface area contributed by atoms with Crippen LogP contribution < -0.4 is 10.2 Å². The molecule has 26 heavy (non-hydrogen) atoms. The molecule has 0 fully saturated rings. The number of anilines is 4. The van der Waals surface area contributed by atoms with E-state index in [0.29, 0.717) is 18.3 Å². The number of para-hydroxylation sites is 1. The van der Waals surface area contributed by atoms with Crippen LogP contribution in [0.1, 0.15) is 5.69 Å². The van der Waals surface area contributed by atoms with Crippen LogP contribution in [0, 0.1) is 6.92 Å². The molecule has 0 amide bonds. The van der Waals surface area contributed by atoms with Crippen molar-refractivity contribution in [1.29, 1.82) is 0 Å². The van der Waals surface area contributed by atoms with Crippen LogP contribution in [-0.2, 0) is 0 Å². The molecule has 0 spiro atoms. The minimum atomic E-state index is 0.000142. The highest BCUT2D eigenvalue weighted by molar-refractivity contribution is 7.14. The lowest BCUT2D eigenvalue weighted by atomic mass is 10.3. The van der Waals surface area contributed by atoms with Crippen LogP contribution in [0.25, 0.3) is 11.0 Å². The van der Waals surface area contributed by atoms with Gasteiger partial charge in [-0.1, -0.05) is 18.2 Å². The molecule has 0 atom stereocenters. The van der Waals surface area contributed by atoms with Crippen LogP contribution in [0.15, 0.2) is 48.1 Å². The van der Waals surface area contributed by atoms with E-state index < -0.39 is 0 Å². The molecule has 0 aliphatic heterocycles. The smallest absolute Gasteiger partial charge is 0.232 e. The van der Waals surface area contributed by atoms with Crippen molar-refractivity contribution < 1.29 is 5.11 Å². The number of aryl methyl sites for hydroxylation is 1. The van der Waals surface area contributed by atoms with Crippen molar-refractivity contribution >= 4 is 44.8 Å². The Morgan fingerprint density at radius 3 is 2.77 bits per heavy atom. The summed E-state index contributed by atoms with van der Waals surface area (Å²) in [6.45, 7) is 2.36. The van der Waals surface area contributed by atoms with Gasteiger partial charge in [0.25, 0.3) is 0 Å². The first-order chi connectivity index (χ1) is 12.8. The van der Waals surface area contributed by atoms with Crippen LogP contribution in [-0.4, -0.2) is 38.2 Å². The monoisotopic (exact) mass is 366 g/mol. The lowest BCUT2D eigenvalue weighted by Crippen LogP contribution is -2.23. The van der Waals surface area contributed by atoms with Crippen molar-refractivity contribution in [3.63, 3.8) is 0 Å². The molecule has 0 saturated heterocycles. The molecule has 8 heteroatoms. The Hall–Kier alpha value is -2.97. The van der Waals surface area contributed by atoms with Gasteiger partial charge in [-0.25, -0.2) is 9.97 Å². The van der Waals surface area contributed by atoms with E-state index in [1.807, 2.05) is 54.4 Å². The van der Waals surface area contributed by atoms with Crippen molar-refractivity contribution in [2.45, 2.75) is 6.92 Å². The maximum atomic E-state index is 9.52. The van der Waals surface area contributed by atoms with Gasteiger partial charge < -0.3 is 20.3 Å². The van der Waals surface area contributed by atoms with Gasteiger partial charge in [0, 0.05) is 18.4 Å². The van der Waals surface area contributed by atoms with Crippen molar-refractivity contribution in [3.8, 4) is 0 Å². The van der Waals surface area contributed by atoms with Crippen LogP contribution in [0.5, 0.6) is 0 Å². The van der Waals surface area contributed by atoms with E-state index in [1.165, 1.54) is 11.3 Å². The summed E-state index contributed by atoms with van der Waals surface area (Å²) in [6.07, 6.45) is 1.84. The van der Waals surface area contributed by atoms with Gasteiger partial charge in [-0.2, -0.15) is 4.98 Å². The quantitative estimate of drug-likeness (QED) is 0.483. The molecule has 3 N–H and O–H groups in total. The van der Waals surface area contributed by atoms with E-state index in [-0.39, 0.29) is 6.61 Å². The van der Waals surface area contributed by atoms with Crippen LogP contribution in [0.2, 0.25) is 0 Å². The van der Waals surface area contributed by atoms with Crippen molar-refractivity contribution in [3.05, 3.63) is 53.8 Å². The van der Waals surface area contributed by atoms with Gasteiger partial charge >= 0.3 is 0 Å². The van der Waals surface area contributed by atoms with E-state index in [2.05, 4.69) is 20.3 Å². The fourth-order valence-electron chi connectivity index (χ4n) is 2.73. The molecule has 0 aliphatic carbocycles. The summed E-state index contributed by atoms with van der Waals surface area (Å²) in [5, 5.41) is 13.8. The van der Waals surface area contributed by atoms with E-state index in [4.69, 9.17) is 4.98 Å². The zero-order chi connectivity index (χ0) is 17.9. The van der Waals surface area contributed by atoms with Gasteiger partial charge in [0.05, 0.1) is 23.3 Å². The van der Waals surface area contributed by atoms with Gasteiger partial charge in [0.15, 0.2) is 5.82 Å². The Kier molecular flexibility index (Phi) is 4.51. The maximum absolute atomic E-state index is 9.52. The SMILES string of the molecule is Cc1ncsc1Nc1nc(N(CCO)c2ccccc2)nc2cc[nH]c12. The number of nitrogens with one attached hydrogen (secondary N) is 2. The highest BCUT2D eigenvalue weighted by Gasteiger charge is 2.17. The molecule has 3 heterocycles. The Morgan fingerprint density at radius 1 is 1.19 bits per heavy atom. The number of hydrogen-bond acceptors (Lipinski definition) is 7. The third-order valence-electron chi connectivity index (χ3n) is 4.00. The van der Waals surface area contributed by atoms with Crippen molar-refractivity contribution in [2.24, 2.45) is 0 Å². The highest BCUT2D eigenvalue weighted by atomic mass is 32.1. The summed E-state index contributed by atoms with van der Waals surface area (Å²) in [5.41, 5.74) is 5.28. The Morgan fingerprint density at radius 2 is 2.04 bits per heavy atom. The molecule has 7 nitrogen and oxygen atoms in total. The molecule has 0 radical (unpaired) electrons. The predicted octanol–water partition coefficient (Wildman–Crippen LogP) is 3.60. The number of hydrogen-bond donors (Lipinski definition) is 3. The number of benzene rings is 1. The standard InChI is InChI=1S/C18H18N6OS/c1-12-17(26-11-20-12)22-16-15-14(7-8-19-15)21-18(23-16)24(9-10-25)13-5-3-2-4-6-13/h2-8,11,19,25H,9-10H2,1H3,(H,21,22,23). The summed E-state index contributed by atoms with van der Waals surface area (Å²) >= 11 is 1.53. The summed E-state index contributed by atoms with van der Waals surface area (Å²) in [5.74, 6) is 1.21. The normalized spacial score (nSPS) is 11.0. The number of fused-ring (bicyclic) bond motifs is 1. The predicted molar refractivity (Wildman–Crippen MR) is 105 cm³/mol. The molecule has 0 bridgehead atoms. The maximum Gasteiger partial charge on any atom is 0.232 e. The highest BCUT2D eigenvalue weighted by Crippen LogP contribution is 2.30. The first-order valence-corrected chi connectivity index (χ1v) is 9.10. The number of aliphatic hydroxyl groups is 1. The summed E-state index contributed by atoms with van der Waals surface area (Å²) in [4.78, 5) is 18.7. The van der Waals surface area contributed by atoms with Crippen molar-refractivity contribution in [2.75, 3.05) is 23.4 Å². The zero-order valence-corrected chi connectivity index (χ0v) is 15.0. The molecule has 0 saturated carbocycles. The second-order valence-electron chi connectivity index (χ2n) is 5.71. The van der Waals surface area contributed by atoms with Gasteiger partial charge in [-0.15, -0.1) is 11.3 Å². The molecule has 0 aliphatic rings. The number of H-pyrrole nitrogens is 1. The Labute approximate surface area is 154 Å². The number of rotatable bonds is 6. The van der Waals surface area contributed by atoms with E-state index in [9.17, 15) is 5.11 Å². The molecule has 1 aromatic carbocycles. The third kappa shape index (κ3) is 3.12. The summed E-state index contributed by atoms with van der Waals surface area (Å²) < 4.78 is 0. The minimum Gasteiger partial charge on any atom is -0.395 e. The number of aromatic amines is 1. The fraction of sp³-hybridized carbons (Fsp3) is 0.167. The number of nitrogens with zero attached hydrogens (tertiary/aromatic N) is 4. The molecular weight excluding hydrogens is 348 g/mol. The number of aliphatic hydroxyl groups excluding tert-OH is 1. The first-order valence-electron chi connectivity index (χ1n) is 8.22. The summed E-state index contributed by atoms with van der Waals surface area (Å²) in [7, 11) is 0. The topological polar surface area (TPSA) is 90.0 Å². The number of aromatic nitrogens is 4. The molecule has 132 valence electrons. The van der Waals surface area contributed by atoms with E-state index in [1.54, 1.807) is 5.51 Å². The van der Waals surface area contributed by atoms with Gasteiger partial charge in [-0.05, 0) is 25.1 Å². The second kappa shape index (κ2) is 7.11. The molecular formula is C18H18N6OS. The first kappa shape index (κ1) is 16.5. The number of thiazole rings is 1. The average molecular weight is 366 g/mol.